The zero-order chi connectivity index (χ0) is 21.8. The number of para-hydroxylation sites is 2. The van der Waals surface area contributed by atoms with Crippen molar-refractivity contribution in [3.05, 3.63) is 59.7 Å². The van der Waals surface area contributed by atoms with Crippen LogP contribution in [-0.4, -0.2) is 46.9 Å². The fraction of sp³-hybridized carbons (Fsp3) is 0.375. The molecule has 0 unspecified atom stereocenters. The summed E-state index contributed by atoms with van der Waals surface area (Å²) in [6.07, 6.45) is 0.236. The quantitative estimate of drug-likeness (QED) is 0.590. The van der Waals surface area contributed by atoms with Crippen LogP contribution in [0.1, 0.15) is 25.0 Å². The maximum absolute atomic E-state index is 12.5. The van der Waals surface area contributed by atoms with Crippen LogP contribution in [0, 0.1) is 6.92 Å². The molecule has 1 saturated heterocycles. The highest BCUT2D eigenvalue weighted by atomic mass is 32.2. The summed E-state index contributed by atoms with van der Waals surface area (Å²) < 4.78 is 5.88. The first-order chi connectivity index (χ1) is 15.0. The predicted octanol–water partition coefficient (Wildman–Crippen LogP) is 3.96. The zero-order valence-electron chi connectivity index (χ0n) is 18.2. The number of ether oxygens (including phenoxy) is 1. The molecule has 2 aromatic carbocycles. The van der Waals surface area contributed by atoms with E-state index in [2.05, 4.69) is 43.1 Å². The van der Waals surface area contributed by atoms with Gasteiger partial charge >= 0.3 is 0 Å². The monoisotopic (exact) mass is 436 g/mol. The summed E-state index contributed by atoms with van der Waals surface area (Å²) in [7, 11) is 0. The first-order valence-electron chi connectivity index (χ1n) is 10.6. The molecule has 0 spiro atoms. The van der Waals surface area contributed by atoms with E-state index >= 15 is 0 Å². The average molecular weight is 437 g/mol. The molecule has 0 aliphatic carbocycles. The van der Waals surface area contributed by atoms with Crippen molar-refractivity contribution in [1.29, 1.82) is 0 Å². The number of rotatable bonds is 6. The highest BCUT2D eigenvalue weighted by Gasteiger charge is 2.26. The third-order valence-corrected chi connectivity index (χ3v) is 6.14. The smallest absolute Gasteiger partial charge is 0.230 e. The van der Waals surface area contributed by atoms with Gasteiger partial charge in [-0.05, 0) is 38.5 Å². The lowest BCUT2D eigenvalue weighted by atomic mass is 10.1. The van der Waals surface area contributed by atoms with Crippen LogP contribution < -0.4 is 10.2 Å². The van der Waals surface area contributed by atoms with Gasteiger partial charge < -0.3 is 15.0 Å². The molecule has 1 aliphatic rings. The fourth-order valence-corrected chi connectivity index (χ4v) is 4.56. The number of hydrogen-bond donors (Lipinski definition) is 1. The number of nitrogens with one attached hydrogen (secondary N) is 1. The second-order valence-electron chi connectivity index (χ2n) is 8.05. The minimum atomic E-state index is -0.0183. The van der Waals surface area contributed by atoms with Crippen LogP contribution in [0.15, 0.2) is 53.6 Å². The van der Waals surface area contributed by atoms with E-state index in [0.29, 0.717) is 12.3 Å². The lowest BCUT2D eigenvalue weighted by Crippen LogP contribution is -2.46. The number of anilines is 1. The van der Waals surface area contributed by atoms with Crippen molar-refractivity contribution in [2.45, 2.75) is 44.5 Å². The fourth-order valence-electron chi connectivity index (χ4n) is 3.72. The van der Waals surface area contributed by atoms with E-state index in [-0.39, 0.29) is 18.1 Å². The predicted molar refractivity (Wildman–Crippen MR) is 126 cm³/mol. The molecule has 0 bridgehead atoms. The molecule has 2 atom stereocenters. The minimum Gasteiger partial charge on any atom is -0.372 e. The van der Waals surface area contributed by atoms with E-state index < -0.39 is 0 Å². The summed E-state index contributed by atoms with van der Waals surface area (Å²) in [5.41, 5.74) is 3.99. The summed E-state index contributed by atoms with van der Waals surface area (Å²) in [6.45, 7) is 8.23. The molecule has 7 heteroatoms. The van der Waals surface area contributed by atoms with Gasteiger partial charge in [0.2, 0.25) is 5.91 Å². The molecule has 162 valence electrons. The number of benzene rings is 2. The number of aryl methyl sites for hydroxylation is 1. The summed E-state index contributed by atoms with van der Waals surface area (Å²) in [4.78, 5) is 24.5. The average Bonchev–Trinajstić information content (AvgIpc) is 2.76. The van der Waals surface area contributed by atoms with Crippen LogP contribution in [0.25, 0.3) is 11.0 Å². The Labute approximate surface area is 187 Å². The number of fused-ring (bicyclic) bond motifs is 1. The largest absolute Gasteiger partial charge is 0.372 e. The SMILES string of the molecule is Cc1ccc(CNC(=O)CSc2nc3ccccc3nc2N2C[C@@H](C)O[C@@H](C)C2)cc1. The molecule has 1 aromatic heterocycles. The topological polar surface area (TPSA) is 67.4 Å². The second-order valence-corrected chi connectivity index (χ2v) is 9.02. The van der Waals surface area contributed by atoms with Crippen LogP contribution >= 0.6 is 11.8 Å². The summed E-state index contributed by atoms with van der Waals surface area (Å²) in [5, 5.41) is 3.78. The van der Waals surface area contributed by atoms with E-state index in [0.717, 1.165) is 40.5 Å². The molecule has 31 heavy (non-hydrogen) atoms. The van der Waals surface area contributed by atoms with Crippen LogP contribution in [0.3, 0.4) is 0 Å². The molecule has 3 aromatic rings. The number of carbonyl (C=O) groups is 1. The van der Waals surface area contributed by atoms with Crippen molar-refractivity contribution in [3.8, 4) is 0 Å². The van der Waals surface area contributed by atoms with E-state index in [1.54, 1.807) is 0 Å². The van der Waals surface area contributed by atoms with Gasteiger partial charge in [0.05, 0.1) is 29.0 Å². The third kappa shape index (κ3) is 5.54. The lowest BCUT2D eigenvalue weighted by molar-refractivity contribution is -0.118. The van der Waals surface area contributed by atoms with E-state index in [9.17, 15) is 4.79 Å². The number of carbonyl (C=O) groups excluding carboxylic acids is 1. The third-order valence-electron chi connectivity index (χ3n) is 5.19. The highest BCUT2D eigenvalue weighted by Crippen LogP contribution is 2.31. The minimum absolute atomic E-state index is 0.0183. The molecule has 0 saturated carbocycles. The first-order valence-corrected chi connectivity index (χ1v) is 11.6. The summed E-state index contributed by atoms with van der Waals surface area (Å²) >= 11 is 1.44. The standard InChI is InChI=1S/C24H28N4O2S/c1-16-8-10-19(11-9-16)12-25-22(29)15-31-24-23(28-13-17(2)30-18(3)14-28)26-20-6-4-5-7-21(20)27-24/h4-11,17-18H,12-15H2,1-3H3,(H,25,29)/t17-,18+. The molecule has 1 amide bonds. The van der Waals surface area contributed by atoms with Gasteiger partial charge in [-0.1, -0.05) is 53.7 Å². The maximum atomic E-state index is 12.5. The van der Waals surface area contributed by atoms with Gasteiger partial charge in [0.15, 0.2) is 5.82 Å². The van der Waals surface area contributed by atoms with Crippen LogP contribution in [0.2, 0.25) is 0 Å². The van der Waals surface area contributed by atoms with E-state index in [1.165, 1.54) is 17.3 Å². The number of morpholine rings is 1. The highest BCUT2D eigenvalue weighted by molar-refractivity contribution is 8.00. The number of hydrogen-bond acceptors (Lipinski definition) is 6. The Morgan fingerprint density at radius 2 is 1.71 bits per heavy atom. The van der Waals surface area contributed by atoms with Crippen LogP contribution in [0.5, 0.6) is 0 Å². The number of nitrogens with zero attached hydrogens (tertiary/aromatic N) is 3. The van der Waals surface area contributed by atoms with Crippen molar-refractivity contribution in [1.82, 2.24) is 15.3 Å². The molecule has 1 aliphatic heterocycles. The van der Waals surface area contributed by atoms with Crippen molar-refractivity contribution >= 4 is 34.5 Å². The lowest BCUT2D eigenvalue weighted by Gasteiger charge is -2.36. The zero-order valence-corrected chi connectivity index (χ0v) is 19.0. The van der Waals surface area contributed by atoms with Gasteiger partial charge in [-0.25, -0.2) is 9.97 Å². The molecular weight excluding hydrogens is 408 g/mol. The Balaban J connectivity index is 1.49. The van der Waals surface area contributed by atoms with Gasteiger partial charge in [0.25, 0.3) is 0 Å². The molecule has 1 fully saturated rings. The number of amides is 1. The normalized spacial score (nSPS) is 18.9. The van der Waals surface area contributed by atoms with E-state index in [4.69, 9.17) is 14.7 Å². The van der Waals surface area contributed by atoms with Gasteiger partial charge in [0.1, 0.15) is 5.03 Å². The van der Waals surface area contributed by atoms with Crippen molar-refractivity contribution in [3.63, 3.8) is 0 Å². The summed E-state index contributed by atoms with van der Waals surface area (Å²) in [5.74, 6) is 1.11. The van der Waals surface area contributed by atoms with E-state index in [1.807, 2.05) is 36.4 Å². The van der Waals surface area contributed by atoms with Crippen LogP contribution in [-0.2, 0) is 16.1 Å². The molecule has 0 radical (unpaired) electrons. The molecule has 6 nitrogen and oxygen atoms in total. The van der Waals surface area contributed by atoms with Crippen molar-refractivity contribution < 1.29 is 9.53 Å². The molecule has 2 heterocycles. The Morgan fingerprint density at radius 3 is 2.39 bits per heavy atom. The Bertz CT molecular complexity index is 1050. The summed E-state index contributed by atoms with van der Waals surface area (Å²) in [6, 6.07) is 16.0. The molecule has 4 rings (SSSR count). The van der Waals surface area contributed by atoms with Crippen LogP contribution in [0.4, 0.5) is 5.82 Å². The van der Waals surface area contributed by atoms with Gasteiger partial charge in [-0.3, -0.25) is 4.79 Å². The van der Waals surface area contributed by atoms with Gasteiger partial charge in [-0.15, -0.1) is 0 Å². The molecular formula is C24H28N4O2S. The first kappa shape index (κ1) is 21.6. The number of thioether (sulfide) groups is 1. The maximum Gasteiger partial charge on any atom is 0.230 e. The van der Waals surface area contributed by atoms with Crippen molar-refractivity contribution in [2.24, 2.45) is 0 Å². The molecule has 1 N–H and O–H groups in total. The second kappa shape index (κ2) is 9.66. The Kier molecular flexibility index (Phi) is 6.73. The Hall–Kier alpha value is -2.64. The number of aromatic nitrogens is 2. The van der Waals surface area contributed by atoms with Gasteiger partial charge in [0, 0.05) is 19.6 Å². The Morgan fingerprint density at radius 1 is 1.06 bits per heavy atom. The van der Waals surface area contributed by atoms with Gasteiger partial charge in [-0.2, -0.15) is 0 Å². The van der Waals surface area contributed by atoms with Crippen molar-refractivity contribution in [2.75, 3.05) is 23.7 Å².